The molecular formula is C26H28N6O4. The number of carbonyl (C=O) groups is 1. The third-order valence-corrected chi connectivity index (χ3v) is 6.65. The molecule has 4 aromatic rings. The molecule has 1 fully saturated rings. The van der Waals surface area contributed by atoms with Crippen molar-refractivity contribution in [3.8, 4) is 0 Å². The Kier molecular flexibility index (Phi) is 6.32. The van der Waals surface area contributed by atoms with E-state index in [-0.39, 0.29) is 36.4 Å². The van der Waals surface area contributed by atoms with E-state index in [9.17, 15) is 14.4 Å². The fourth-order valence-electron chi connectivity index (χ4n) is 4.72. The van der Waals surface area contributed by atoms with Crippen LogP contribution in [0.4, 0.5) is 17.5 Å². The number of H-pyrrole nitrogens is 1. The van der Waals surface area contributed by atoms with Crippen molar-refractivity contribution in [2.45, 2.75) is 26.3 Å². The number of oxazole rings is 1. The number of amides is 1. The predicted octanol–water partition coefficient (Wildman–Crippen LogP) is 2.58. The number of para-hydroxylation sites is 2. The molecule has 1 amide bonds. The van der Waals surface area contributed by atoms with Crippen LogP contribution in [0.15, 0.2) is 68.6 Å². The van der Waals surface area contributed by atoms with E-state index in [0.29, 0.717) is 31.9 Å². The summed E-state index contributed by atoms with van der Waals surface area (Å²) in [6.07, 6.45) is 1.16. The largest absolute Gasteiger partial charge is 0.423 e. The lowest BCUT2D eigenvalue weighted by Crippen LogP contribution is -2.46. The molecule has 10 nitrogen and oxygen atoms in total. The second-order valence-corrected chi connectivity index (χ2v) is 8.87. The number of carbonyl (C=O) groups excluding carboxylic acids is 1. The molecule has 5 rings (SSSR count). The van der Waals surface area contributed by atoms with Gasteiger partial charge in [0.05, 0.1) is 6.54 Å². The smallest absolute Gasteiger partial charge is 0.330 e. The van der Waals surface area contributed by atoms with Crippen molar-refractivity contribution in [1.82, 2.24) is 14.5 Å². The van der Waals surface area contributed by atoms with Gasteiger partial charge in [0.2, 0.25) is 5.91 Å². The minimum atomic E-state index is -0.666. The average Bonchev–Trinajstić information content (AvgIpc) is 3.34. The predicted molar refractivity (Wildman–Crippen MR) is 138 cm³/mol. The number of aromatic amines is 1. The van der Waals surface area contributed by atoms with E-state index in [4.69, 9.17) is 10.2 Å². The van der Waals surface area contributed by atoms with Crippen LogP contribution in [0.1, 0.15) is 25.3 Å². The molecule has 186 valence electrons. The molecule has 3 N–H and O–H groups in total. The maximum absolute atomic E-state index is 13.5. The number of fused-ring (bicyclic) bond motifs is 1. The van der Waals surface area contributed by atoms with Gasteiger partial charge in [-0.15, -0.1) is 0 Å². The maximum Gasteiger partial charge on any atom is 0.330 e. The molecule has 0 radical (unpaired) electrons. The van der Waals surface area contributed by atoms with Crippen molar-refractivity contribution in [1.29, 1.82) is 0 Å². The zero-order valence-corrected chi connectivity index (χ0v) is 20.0. The molecule has 0 spiro atoms. The van der Waals surface area contributed by atoms with Crippen LogP contribution in [0.25, 0.3) is 11.1 Å². The second kappa shape index (κ2) is 9.73. The van der Waals surface area contributed by atoms with E-state index in [0.717, 1.165) is 16.7 Å². The summed E-state index contributed by atoms with van der Waals surface area (Å²) in [4.78, 5) is 49.2. The first-order valence-electron chi connectivity index (χ1n) is 12.0. The van der Waals surface area contributed by atoms with Gasteiger partial charge in [-0.25, -0.2) is 4.79 Å². The van der Waals surface area contributed by atoms with E-state index in [1.165, 1.54) is 9.47 Å². The first kappa shape index (κ1) is 23.4. The average molecular weight is 489 g/mol. The third-order valence-electron chi connectivity index (χ3n) is 6.65. The van der Waals surface area contributed by atoms with Gasteiger partial charge in [0.15, 0.2) is 11.3 Å². The Morgan fingerprint density at radius 1 is 1.11 bits per heavy atom. The monoisotopic (exact) mass is 488 g/mol. The van der Waals surface area contributed by atoms with Gasteiger partial charge in [-0.3, -0.25) is 19.1 Å². The van der Waals surface area contributed by atoms with Gasteiger partial charge in [0.25, 0.3) is 11.6 Å². The van der Waals surface area contributed by atoms with E-state index < -0.39 is 11.2 Å². The van der Waals surface area contributed by atoms with Gasteiger partial charge in [-0.1, -0.05) is 42.5 Å². The summed E-state index contributed by atoms with van der Waals surface area (Å²) in [5.74, 6) is -0.498. The summed E-state index contributed by atoms with van der Waals surface area (Å²) in [6.45, 7) is 3.42. The van der Waals surface area contributed by atoms with Gasteiger partial charge < -0.3 is 20.0 Å². The van der Waals surface area contributed by atoms with E-state index in [1.54, 1.807) is 6.92 Å². The van der Waals surface area contributed by atoms with Gasteiger partial charge in [-0.05, 0) is 37.5 Å². The van der Waals surface area contributed by atoms with Crippen LogP contribution in [0, 0.1) is 5.92 Å². The Bertz CT molecular complexity index is 1470. The van der Waals surface area contributed by atoms with Crippen molar-refractivity contribution >= 4 is 34.5 Å². The second-order valence-electron chi connectivity index (χ2n) is 8.87. The fourth-order valence-corrected chi connectivity index (χ4v) is 4.72. The lowest BCUT2D eigenvalue weighted by molar-refractivity contribution is -0.122. The molecule has 1 saturated heterocycles. The molecule has 1 aliphatic heterocycles. The zero-order valence-electron chi connectivity index (χ0n) is 20.0. The summed E-state index contributed by atoms with van der Waals surface area (Å²) >= 11 is 0. The molecule has 36 heavy (non-hydrogen) atoms. The van der Waals surface area contributed by atoms with Crippen LogP contribution in [0.3, 0.4) is 0 Å². The van der Waals surface area contributed by atoms with Crippen molar-refractivity contribution in [3.63, 3.8) is 0 Å². The Morgan fingerprint density at radius 3 is 2.50 bits per heavy atom. The quantitative estimate of drug-likeness (QED) is 0.427. The zero-order chi connectivity index (χ0) is 25.2. The number of aromatic nitrogens is 3. The fraction of sp³-hybridized carbons (Fsp3) is 0.308. The van der Waals surface area contributed by atoms with Crippen molar-refractivity contribution in [2.75, 3.05) is 35.2 Å². The van der Waals surface area contributed by atoms with Gasteiger partial charge in [0.1, 0.15) is 11.3 Å². The first-order chi connectivity index (χ1) is 17.5. The Labute approximate surface area is 207 Å². The first-order valence-corrected chi connectivity index (χ1v) is 12.0. The van der Waals surface area contributed by atoms with Crippen LogP contribution in [-0.4, -0.2) is 40.1 Å². The lowest BCUT2D eigenvalue weighted by atomic mass is 9.95. The third kappa shape index (κ3) is 4.37. The normalized spacial score (nSPS) is 14.3. The highest BCUT2D eigenvalue weighted by atomic mass is 16.4. The van der Waals surface area contributed by atoms with E-state index in [1.807, 2.05) is 59.5 Å². The topological polar surface area (TPSA) is 130 Å². The molecular weight excluding hydrogens is 460 g/mol. The molecule has 3 heterocycles. The number of piperidine rings is 1. The molecule has 0 atom stereocenters. The van der Waals surface area contributed by atoms with Crippen LogP contribution in [0.5, 0.6) is 0 Å². The molecule has 2 aromatic carbocycles. The number of rotatable bonds is 6. The number of benzene rings is 2. The number of nitrogens with two attached hydrogens (primary N) is 1. The summed E-state index contributed by atoms with van der Waals surface area (Å²) in [6, 6.07) is 17.5. The molecule has 0 bridgehead atoms. The van der Waals surface area contributed by atoms with Crippen LogP contribution in [0.2, 0.25) is 0 Å². The molecule has 0 aliphatic carbocycles. The van der Waals surface area contributed by atoms with Crippen LogP contribution >= 0.6 is 0 Å². The number of nitrogen functional groups attached to an aromatic ring is 1. The summed E-state index contributed by atoms with van der Waals surface area (Å²) in [5, 5.41) is 0. The Hall–Kier alpha value is -4.34. The highest BCUT2D eigenvalue weighted by Crippen LogP contribution is 2.28. The van der Waals surface area contributed by atoms with Gasteiger partial charge in [-0.2, -0.15) is 4.98 Å². The number of anilines is 3. The highest BCUT2D eigenvalue weighted by Gasteiger charge is 2.32. The van der Waals surface area contributed by atoms with Gasteiger partial charge in [0, 0.05) is 25.6 Å². The number of nitrogens with zero attached hydrogens (tertiary/aromatic N) is 4. The van der Waals surface area contributed by atoms with Crippen LogP contribution in [-0.2, 0) is 11.3 Å². The minimum Gasteiger partial charge on any atom is -0.423 e. The lowest BCUT2D eigenvalue weighted by Gasteiger charge is -2.33. The number of nitrogens with one attached hydrogen (secondary N) is 1. The van der Waals surface area contributed by atoms with E-state index in [2.05, 4.69) is 9.97 Å². The SMILES string of the molecule is CCN(C(=O)C1CCN(c2nc3ccccc3o2)CC1)c1c(N)n(Cc2ccccc2)c(=O)[nH]c1=O. The molecule has 0 saturated carbocycles. The maximum atomic E-state index is 13.5. The summed E-state index contributed by atoms with van der Waals surface area (Å²) in [7, 11) is 0. The number of hydrogen-bond acceptors (Lipinski definition) is 7. The number of hydrogen-bond donors (Lipinski definition) is 2. The van der Waals surface area contributed by atoms with Crippen molar-refractivity contribution in [3.05, 3.63) is 81.0 Å². The van der Waals surface area contributed by atoms with Crippen molar-refractivity contribution in [2.24, 2.45) is 5.92 Å². The molecule has 1 aliphatic rings. The standard InChI is InChI=1S/C26H28N6O4/c1-2-31(21-22(27)32(25(35)29-23(21)33)16-17-8-4-3-5-9-17)24(34)18-12-14-30(15-13-18)26-28-19-10-6-7-11-20(19)36-26/h3-11,18H,2,12-16,27H2,1H3,(H,29,33,35). The van der Waals surface area contributed by atoms with Crippen LogP contribution < -0.4 is 26.8 Å². The summed E-state index contributed by atoms with van der Waals surface area (Å²) in [5.41, 5.74) is 7.44. The van der Waals surface area contributed by atoms with E-state index >= 15 is 0 Å². The molecule has 2 aromatic heterocycles. The minimum absolute atomic E-state index is 0.0133. The molecule has 0 unspecified atom stereocenters. The van der Waals surface area contributed by atoms with Crippen molar-refractivity contribution < 1.29 is 9.21 Å². The molecule has 10 heteroatoms. The highest BCUT2D eigenvalue weighted by molar-refractivity contribution is 5.97. The Morgan fingerprint density at radius 2 is 1.81 bits per heavy atom. The van der Waals surface area contributed by atoms with Gasteiger partial charge >= 0.3 is 5.69 Å². The summed E-state index contributed by atoms with van der Waals surface area (Å²) < 4.78 is 7.16. The Balaban J connectivity index is 1.35.